The highest BCUT2D eigenvalue weighted by molar-refractivity contribution is 6.19. The molecule has 0 unspecified atom stereocenters. The number of fused-ring (bicyclic) bond motifs is 2. The zero-order chi connectivity index (χ0) is 28.9. The molecule has 0 aliphatic carbocycles. The molecule has 41 heavy (non-hydrogen) atoms. The minimum Gasteiger partial charge on any atom is -0.356 e. The van der Waals surface area contributed by atoms with Gasteiger partial charge >= 0.3 is 0 Å². The zero-order valence-corrected chi connectivity index (χ0v) is 24.1. The average Bonchev–Trinajstić information content (AvgIpc) is 3.29. The Morgan fingerprint density at radius 2 is 2.07 bits per heavy atom. The van der Waals surface area contributed by atoms with E-state index in [-0.39, 0.29) is 5.82 Å². The first kappa shape index (κ1) is 27.9. The fourth-order valence-electron chi connectivity index (χ4n) is 5.05. The van der Waals surface area contributed by atoms with Crippen LogP contribution < -0.4 is 16.0 Å². The Hall–Kier alpha value is -4.63. The van der Waals surface area contributed by atoms with Crippen LogP contribution >= 0.6 is 0 Å². The van der Waals surface area contributed by atoms with E-state index in [2.05, 4.69) is 37.8 Å². The van der Waals surface area contributed by atoms with E-state index in [4.69, 9.17) is 4.99 Å². The SMILES string of the molecule is C/C=C/C(=C\C(=C/C)c1c(C)cc2c(c1F)C(C1=CNc3c(cncc3-n3cnc(C)c3)N1)=NCC=N2)CNCC. The van der Waals surface area contributed by atoms with Crippen molar-refractivity contribution in [2.75, 3.05) is 30.3 Å². The van der Waals surface area contributed by atoms with Crippen molar-refractivity contribution in [3.63, 3.8) is 0 Å². The summed E-state index contributed by atoms with van der Waals surface area (Å²) in [7, 11) is 0. The van der Waals surface area contributed by atoms with Gasteiger partial charge in [0.15, 0.2) is 0 Å². The first-order valence-electron chi connectivity index (χ1n) is 13.8. The molecule has 0 saturated heterocycles. The molecule has 2 aliphatic heterocycles. The molecule has 0 saturated carbocycles. The molecule has 2 aliphatic rings. The average molecular weight is 551 g/mol. The molecule has 2 aromatic heterocycles. The van der Waals surface area contributed by atoms with Gasteiger partial charge < -0.3 is 20.5 Å². The minimum atomic E-state index is -0.348. The second-order valence-electron chi connectivity index (χ2n) is 9.85. The van der Waals surface area contributed by atoms with Crippen LogP contribution in [-0.4, -0.2) is 46.1 Å². The van der Waals surface area contributed by atoms with E-state index in [1.165, 1.54) is 0 Å². The zero-order valence-electron chi connectivity index (χ0n) is 24.1. The summed E-state index contributed by atoms with van der Waals surface area (Å²) < 4.78 is 18.7. The van der Waals surface area contributed by atoms with Crippen LogP contribution in [-0.2, 0) is 0 Å². The number of anilines is 2. The van der Waals surface area contributed by atoms with Gasteiger partial charge in [0.1, 0.15) is 5.82 Å². The molecule has 0 fully saturated rings. The number of aromatic nitrogens is 3. The second-order valence-corrected chi connectivity index (χ2v) is 9.85. The van der Waals surface area contributed by atoms with Crippen molar-refractivity contribution in [3.8, 4) is 5.69 Å². The first-order valence-corrected chi connectivity index (χ1v) is 13.8. The van der Waals surface area contributed by atoms with Gasteiger partial charge in [0.05, 0.1) is 70.7 Å². The summed E-state index contributed by atoms with van der Waals surface area (Å²) in [5.41, 5.74) is 8.63. The summed E-state index contributed by atoms with van der Waals surface area (Å²) in [5, 5.41) is 10.2. The fourth-order valence-corrected chi connectivity index (χ4v) is 5.05. The van der Waals surface area contributed by atoms with Gasteiger partial charge in [-0.25, -0.2) is 9.37 Å². The van der Waals surface area contributed by atoms with Gasteiger partial charge in [0, 0.05) is 30.7 Å². The number of benzene rings is 1. The van der Waals surface area contributed by atoms with E-state index in [1.807, 2.05) is 75.0 Å². The number of allylic oxidation sites excluding steroid dienone is 5. The smallest absolute Gasteiger partial charge is 0.142 e. The van der Waals surface area contributed by atoms with Crippen LogP contribution in [0, 0.1) is 19.7 Å². The molecule has 3 N–H and O–H groups in total. The van der Waals surface area contributed by atoms with E-state index in [0.717, 1.165) is 46.0 Å². The monoisotopic (exact) mass is 550 g/mol. The highest BCUT2D eigenvalue weighted by Gasteiger charge is 2.27. The Kier molecular flexibility index (Phi) is 8.35. The van der Waals surface area contributed by atoms with Crippen LogP contribution in [0.3, 0.4) is 0 Å². The maximum absolute atomic E-state index is 16.8. The summed E-state index contributed by atoms with van der Waals surface area (Å²) in [6.45, 7) is 11.7. The number of aryl methyl sites for hydroxylation is 2. The Labute approximate surface area is 240 Å². The van der Waals surface area contributed by atoms with Gasteiger partial charge in [-0.05, 0) is 57.0 Å². The summed E-state index contributed by atoms with van der Waals surface area (Å²) in [6.07, 6.45) is 18.8. The number of nitrogens with zero attached hydrogens (tertiary/aromatic N) is 5. The molecular weight excluding hydrogens is 515 g/mol. The molecule has 0 bridgehead atoms. The van der Waals surface area contributed by atoms with E-state index < -0.39 is 0 Å². The normalized spacial score (nSPS) is 15.1. The number of hydrogen-bond donors (Lipinski definition) is 3. The van der Waals surface area contributed by atoms with Crippen LogP contribution in [0.1, 0.15) is 43.2 Å². The minimum absolute atomic E-state index is 0.334. The van der Waals surface area contributed by atoms with E-state index in [1.54, 1.807) is 24.9 Å². The van der Waals surface area contributed by atoms with Gasteiger partial charge in [0.25, 0.3) is 0 Å². The van der Waals surface area contributed by atoms with Crippen LogP contribution in [0.5, 0.6) is 0 Å². The summed E-state index contributed by atoms with van der Waals surface area (Å²) in [4.78, 5) is 18.1. The van der Waals surface area contributed by atoms with E-state index >= 15 is 4.39 Å². The molecule has 0 atom stereocenters. The third-order valence-corrected chi connectivity index (χ3v) is 6.94. The number of aliphatic imine (C=N–C) groups is 2. The molecule has 1 aromatic carbocycles. The topological polar surface area (TPSA) is 91.5 Å². The van der Waals surface area contributed by atoms with Crippen LogP contribution in [0.15, 0.2) is 82.7 Å². The molecule has 210 valence electrons. The van der Waals surface area contributed by atoms with Crippen LogP contribution in [0.4, 0.5) is 21.5 Å². The molecule has 4 heterocycles. The van der Waals surface area contributed by atoms with Gasteiger partial charge in [-0.2, -0.15) is 0 Å². The molecule has 0 radical (unpaired) electrons. The fraction of sp³-hybridized carbons (Fsp3) is 0.250. The lowest BCUT2D eigenvalue weighted by molar-refractivity contribution is 0.621. The van der Waals surface area contributed by atoms with Crippen molar-refractivity contribution >= 4 is 34.6 Å². The molecule has 0 spiro atoms. The molecule has 5 rings (SSSR count). The quantitative estimate of drug-likeness (QED) is 0.282. The van der Waals surface area contributed by atoms with Crippen LogP contribution in [0.2, 0.25) is 0 Å². The number of halogens is 1. The largest absolute Gasteiger partial charge is 0.356 e. The standard InChI is InChI=1S/C32H35FN8/c1-6-9-22(14-34-8-3)13-23(7-2)28-20(4)12-24-29(30(28)33)32(37-11-10-36-24)26-16-38-31-25(40-26)15-35-17-27(31)41-18-21(5)39-19-41/h6-7,9-10,12-13,15-19,34,38,40H,8,11,14H2,1-5H3/b9-6+,22-13+,23-7+. The Balaban J connectivity index is 1.57. The molecular formula is C32H35FN8. The first-order chi connectivity index (χ1) is 19.9. The predicted octanol–water partition coefficient (Wildman–Crippen LogP) is 6.42. The molecule has 3 aromatic rings. The summed E-state index contributed by atoms with van der Waals surface area (Å²) in [6, 6.07) is 1.94. The van der Waals surface area contributed by atoms with Crippen molar-refractivity contribution in [1.82, 2.24) is 19.9 Å². The third kappa shape index (κ3) is 5.67. The number of likely N-dealkylation sites (N-methyl/N-ethyl adjacent to an activating group) is 1. The van der Waals surface area contributed by atoms with E-state index in [9.17, 15) is 0 Å². The van der Waals surface area contributed by atoms with Crippen molar-refractivity contribution in [3.05, 3.63) is 101 Å². The Morgan fingerprint density at radius 3 is 2.80 bits per heavy atom. The van der Waals surface area contributed by atoms with Crippen molar-refractivity contribution in [1.29, 1.82) is 0 Å². The second kappa shape index (κ2) is 12.3. The summed E-state index contributed by atoms with van der Waals surface area (Å²) in [5.74, 6) is -0.348. The van der Waals surface area contributed by atoms with Gasteiger partial charge in [-0.3, -0.25) is 15.0 Å². The van der Waals surface area contributed by atoms with Gasteiger partial charge in [-0.1, -0.05) is 31.2 Å². The number of nitrogens with one attached hydrogen (secondary N) is 3. The third-order valence-electron chi connectivity index (χ3n) is 6.94. The number of hydrogen-bond acceptors (Lipinski definition) is 7. The molecule has 9 heteroatoms. The highest BCUT2D eigenvalue weighted by Crippen LogP contribution is 2.38. The van der Waals surface area contributed by atoms with Gasteiger partial charge in [0.2, 0.25) is 0 Å². The lowest BCUT2D eigenvalue weighted by Gasteiger charge is -2.24. The number of rotatable bonds is 8. The van der Waals surface area contributed by atoms with Crippen molar-refractivity contribution in [2.45, 2.75) is 34.6 Å². The summed E-state index contributed by atoms with van der Waals surface area (Å²) >= 11 is 0. The Bertz CT molecular complexity index is 1650. The van der Waals surface area contributed by atoms with Crippen molar-refractivity contribution in [2.24, 2.45) is 9.98 Å². The number of imidazole rings is 1. The van der Waals surface area contributed by atoms with Crippen LogP contribution in [0.25, 0.3) is 11.3 Å². The van der Waals surface area contributed by atoms with E-state index in [0.29, 0.717) is 41.3 Å². The highest BCUT2D eigenvalue weighted by atomic mass is 19.1. The molecule has 0 amide bonds. The van der Waals surface area contributed by atoms with Crippen molar-refractivity contribution < 1.29 is 4.39 Å². The maximum atomic E-state index is 16.8. The molecule has 8 nitrogen and oxygen atoms in total. The lowest BCUT2D eigenvalue weighted by atomic mass is 9.91. The lowest BCUT2D eigenvalue weighted by Crippen LogP contribution is -2.21. The van der Waals surface area contributed by atoms with Gasteiger partial charge in [-0.15, -0.1) is 0 Å². The number of pyridine rings is 1. The Morgan fingerprint density at radius 1 is 1.22 bits per heavy atom. The predicted molar refractivity (Wildman–Crippen MR) is 167 cm³/mol. The maximum Gasteiger partial charge on any atom is 0.142 e.